The molecule has 0 spiro atoms. The van der Waals surface area contributed by atoms with Crippen molar-refractivity contribution in [2.75, 3.05) is 25.5 Å². The molecule has 1 fully saturated rings. The lowest BCUT2D eigenvalue weighted by atomic mass is 10.0. The van der Waals surface area contributed by atoms with Crippen molar-refractivity contribution in [2.24, 2.45) is 7.05 Å². The largest absolute Gasteiger partial charge is 0.507 e. The smallest absolute Gasteiger partial charge is 0.416 e. The second-order valence-electron chi connectivity index (χ2n) is 7.61. The van der Waals surface area contributed by atoms with Crippen LogP contribution in [0, 0.1) is 6.92 Å². The van der Waals surface area contributed by atoms with Crippen molar-refractivity contribution < 1.29 is 18.3 Å². The number of likely N-dealkylation sites (N-methyl/N-ethyl adjacent to an activating group) is 1. The number of halogens is 3. The fourth-order valence-corrected chi connectivity index (χ4v) is 3.86. The van der Waals surface area contributed by atoms with Crippen LogP contribution in [0.4, 0.5) is 19.0 Å². The quantitative estimate of drug-likeness (QED) is 0.694. The predicted octanol–water partition coefficient (Wildman–Crippen LogP) is 3.78. The Morgan fingerprint density at radius 3 is 2.55 bits per heavy atom. The summed E-state index contributed by atoms with van der Waals surface area (Å²) in [6, 6.07) is 5.81. The highest BCUT2D eigenvalue weighted by Gasteiger charge is 2.32. The minimum Gasteiger partial charge on any atom is -0.507 e. The molecule has 3 aromatic rings. The number of hydrogen-bond donors (Lipinski definition) is 2. The molecule has 2 aromatic heterocycles. The first-order chi connectivity index (χ1) is 13.6. The van der Waals surface area contributed by atoms with E-state index in [0.717, 1.165) is 37.2 Å². The summed E-state index contributed by atoms with van der Waals surface area (Å²) >= 11 is 0. The van der Waals surface area contributed by atoms with Crippen molar-refractivity contribution in [3.8, 4) is 17.1 Å². The number of benzene rings is 1. The number of pyridine rings is 1. The van der Waals surface area contributed by atoms with E-state index in [9.17, 15) is 18.3 Å². The lowest BCUT2D eigenvalue weighted by molar-refractivity contribution is -0.137. The van der Waals surface area contributed by atoms with Gasteiger partial charge < -0.3 is 19.9 Å². The van der Waals surface area contributed by atoms with Gasteiger partial charge in [0.15, 0.2) is 5.65 Å². The molecule has 2 N–H and O–H groups in total. The third kappa shape index (κ3) is 3.62. The minimum atomic E-state index is -4.52. The second kappa shape index (κ2) is 6.91. The number of anilines is 1. The zero-order valence-corrected chi connectivity index (χ0v) is 16.4. The van der Waals surface area contributed by atoms with Gasteiger partial charge in [0.2, 0.25) is 0 Å². The maximum absolute atomic E-state index is 13.0. The molecule has 9 heteroatoms. The molecule has 1 aromatic carbocycles. The number of fused-ring (bicyclic) bond motifs is 1. The van der Waals surface area contributed by atoms with Crippen LogP contribution in [-0.2, 0) is 13.2 Å². The van der Waals surface area contributed by atoms with Gasteiger partial charge in [-0.15, -0.1) is 0 Å². The van der Waals surface area contributed by atoms with E-state index >= 15 is 0 Å². The number of imidazole rings is 1. The van der Waals surface area contributed by atoms with E-state index < -0.39 is 17.5 Å². The Kier molecular flexibility index (Phi) is 4.65. The van der Waals surface area contributed by atoms with Gasteiger partial charge in [0.25, 0.3) is 0 Å². The number of aromatic hydroxyl groups is 1. The normalized spacial score (nSPS) is 17.9. The van der Waals surface area contributed by atoms with E-state index in [1.165, 1.54) is 6.92 Å². The average Bonchev–Trinajstić information content (AvgIpc) is 3.17. The molecule has 6 nitrogen and oxygen atoms in total. The molecule has 1 aliphatic heterocycles. The Morgan fingerprint density at radius 2 is 1.93 bits per heavy atom. The van der Waals surface area contributed by atoms with Crippen LogP contribution in [0.25, 0.3) is 22.6 Å². The number of hydrogen-bond acceptors (Lipinski definition) is 5. The molecule has 0 radical (unpaired) electrons. The third-order valence-electron chi connectivity index (χ3n) is 5.35. The highest BCUT2D eigenvalue weighted by atomic mass is 19.4. The minimum absolute atomic E-state index is 0.269. The summed E-state index contributed by atoms with van der Waals surface area (Å²) < 4.78 is 40.8. The summed E-state index contributed by atoms with van der Waals surface area (Å²) in [5.74, 6) is 0.618. The van der Waals surface area contributed by atoms with Gasteiger partial charge >= 0.3 is 6.18 Å². The van der Waals surface area contributed by atoms with E-state index in [-0.39, 0.29) is 5.56 Å². The van der Waals surface area contributed by atoms with Gasteiger partial charge in [-0.25, -0.2) is 9.97 Å². The monoisotopic (exact) mass is 405 g/mol. The molecule has 0 amide bonds. The number of aromatic nitrogens is 3. The Hall–Kier alpha value is -2.81. The summed E-state index contributed by atoms with van der Waals surface area (Å²) in [6.07, 6.45) is -3.49. The van der Waals surface area contributed by atoms with Gasteiger partial charge in [0.1, 0.15) is 17.4 Å². The van der Waals surface area contributed by atoms with Gasteiger partial charge in [0.05, 0.1) is 16.6 Å². The Balaban J connectivity index is 1.72. The lowest BCUT2D eigenvalue weighted by Gasteiger charge is -2.13. The van der Waals surface area contributed by atoms with Crippen molar-refractivity contribution in [1.82, 2.24) is 19.4 Å². The zero-order chi connectivity index (χ0) is 20.9. The summed E-state index contributed by atoms with van der Waals surface area (Å²) in [5, 5.41) is 13.7. The van der Waals surface area contributed by atoms with Crippen molar-refractivity contribution in [2.45, 2.75) is 25.6 Å². The number of nitrogens with one attached hydrogen (secondary N) is 1. The van der Waals surface area contributed by atoms with E-state index in [2.05, 4.69) is 27.2 Å². The first-order valence-corrected chi connectivity index (χ1v) is 9.33. The molecule has 0 unspecified atom stereocenters. The third-order valence-corrected chi connectivity index (χ3v) is 5.35. The molecule has 29 heavy (non-hydrogen) atoms. The van der Waals surface area contributed by atoms with Crippen LogP contribution in [0.15, 0.2) is 24.3 Å². The molecule has 1 atom stereocenters. The van der Waals surface area contributed by atoms with Crippen LogP contribution in [0.2, 0.25) is 0 Å². The maximum Gasteiger partial charge on any atom is 0.416 e. The van der Waals surface area contributed by atoms with Crippen LogP contribution >= 0.6 is 0 Å². The highest BCUT2D eigenvalue weighted by Crippen LogP contribution is 2.39. The summed E-state index contributed by atoms with van der Waals surface area (Å²) in [7, 11) is 3.82. The fourth-order valence-electron chi connectivity index (χ4n) is 3.86. The van der Waals surface area contributed by atoms with Crippen LogP contribution in [0.5, 0.6) is 5.75 Å². The Bertz CT molecular complexity index is 1050. The molecule has 3 heterocycles. The second-order valence-corrected chi connectivity index (χ2v) is 7.61. The number of phenolic OH excluding ortho intramolecular Hbond substituents is 1. The molecule has 1 saturated heterocycles. The van der Waals surface area contributed by atoms with Gasteiger partial charge in [-0.05, 0) is 56.8 Å². The Morgan fingerprint density at radius 1 is 1.17 bits per heavy atom. The number of likely N-dealkylation sites (tertiary alicyclic amines) is 1. The Labute approximate surface area is 166 Å². The van der Waals surface area contributed by atoms with E-state index in [4.69, 9.17) is 0 Å². The fraction of sp³-hybridized carbons (Fsp3) is 0.400. The first-order valence-electron chi connectivity index (χ1n) is 9.33. The number of phenols is 1. The SMILES string of the molecule is Cc1cc(C(F)(F)F)cc(O)c1-c1nc2nc(N[C@H]3CCN(C)C3)ccc2n1C. The van der Waals surface area contributed by atoms with Gasteiger partial charge in [-0.1, -0.05) is 0 Å². The van der Waals surface area contributed by atoms with Crippen molar-refractivity contribution >= 4 is 17.0 Å². The van der Waals surface area contributed by atoms with E-state index in [0.29, 0.717) is 28.9 Å². The van der Waals surface area contributed by atoms with Gasteiger partial charge in [0, 0.05) is 19.6 Å². The zero-order valence-electron chi connectivity index (χ0n) is 16.4. The molecule has 154 valence electrons. The number of nitrogens with zero attached hydrogens (tertiary/aromatic N) is 4. The highest BCUT2D eigenvalue weighted by molar-refractivity contribution is 5.81. The van der Waals surface area contributed by atoms with Crippen LogP contribution in [0.3, 0.4) is 0 Å². The molecular weight excluding hydrogens is 383 g/mol. The van der Waals surface area contributed by atoms with Gasteiger partial charge in [-0.3, -0.25) is 0 Å². The maximum atomic E-state index is 13.0. The number of aryl methyl sites for hydroxylation is 2. The van der Waals surface area contributed by atoms with Crippen molar-refractivity contribution in [1.29, 1.82) is 0 Å². The van der Waals surface area contributed by atoms with E-state index in [1.54, 1.807) is 11.6 Å². The van der Waals surface area contributed by atoms with Crippen molar-refractivity contribution in [3.63, 3.8) is 0 Å². The number of alkyl halides is 3. The first kappa shape index (κ1) is 19.5. The average molecular weight is 405 g/mol. The standard InChI is InChI=1S/C20H22F3N5O/c1-11-8-12(20(21,22)23)9-15(29)17(11)19-26-18-14(28(19)3)4-5-16(25-18)24-13-6-7-27(2)10-13/h4-5,8-9,13,29H,6-7,10H2,1-3H3,(H,24,25)/t13-/m0/s1. The van der Waals surface area contributed by atoms with Crippen LogP contribution in [0.1, 0.15) is 17.5 Å². The number of rotatable bonds is 3. The summed E-state index contributed by atoms with van der Waals surface area (Å²) in [5.41, 5.74) is 0.875. The molecular formula is C20H22F3N5O. The molecule has 0 aliphatic carbocycles. The predicted molar refractivity (Wildman–Crippen MR) is 105 cm³/mol. The van der Waals surface area contributed by atoms with Gasteiger partial charge in [-0.2, -0.15) is 13.2 Å². The summed E-state index contributed by atoms with van der Waals surface area (Å²) in [6.45, 7) is 3.49. The van der Waals surface area contributed by atoms with Crippen LogP contribution < -0.4 is 5.32 Å². The molecule has 0 bridgehead atoms. The molecule has 1 aliphatic rings. The topological polar surface area (TPSA) is 66.2 Å². The molecule has 0 saturated carbocycles. The lowest BCUT2D eigenvalue weighted by Crippen LogP contribution is -2.23. The summed E-state index contributed by atoms with van der Waals surface area (Å²) in [4.78, 5) is 11.3. The van der Waals surface area contributed by atoms with E-state index in [1.807, 2.05) is 12.1 Å². The molecule has 4 rings (SSSR count). The van der Waals surface area contributed by atoms with Crippen LogP contribution in [-0.4, -0.2) is 50.7 Å². The van der Waals surface area contributed by atoms with Crippen molar-refractivity contribution in [3.05, 3.63) is 35.4 Å².